The molecule has 0 N–H and O–H groups in total. The Bertz CT molecular complexity index is 1330. The summed E-state index contributed by atoms with van der Waals surface area (Å²) in [7, 11) is -3.32. The van der Waals surface area contributed by atoms with Crippen molar-refractivity contribution < 1.29 is 22.4 Å². The van der Waals surface area contributed by atoms with Crippen LogP contribution in [0.25, 0.3) is 10.2 Å². The van der Waals surface area contributed by atoms with Gasteiger partial charge in [0.15, 0.2) is 15.0 Å². The number of benzene rings is 2. The molecule has 0 radical (unpaired) electrons. The van der Waals surface area contributed by atoms with Gasteiger partial charge in [0.2, 0.25) is 5.91 Å². The lowest BCUT2D eigenvalue weighted by atomic mass is 10.2. The Kier molecular flexibility index (Phi) is 7.64. The Morgan fingerprint density at radius 1 is 1.09 bits per heavy atom. The largest absolute Gasteiger partial charge is 0.492 e. The molecule has 9 heteroatoms. The number of rotatable bonds is 11. The summed E-state index contributed by atoms with van der Waals surface area (Å²) < 4.78 is 37.1. The number of carbonyl (C=O) groups excluding carboxylic acids is 1. The first kappa shape index (κ1) is 24.0. The van der Waals surface area contributed by atoms with Crippen LogP contribution in [0.2, 0.25) is 0 Å². The molecule has 0 saturated heterocycles. The fourth-order valence-corrected chi connectivity index (χ4v) is 6.03. The molecule has 0 saturated carbocycles. The summed E-state index contributed by atoms with van der Waals surface area (Å²) in [5.74, 6) is 0.991. The van der Waals surface area contributed by atoms with Gasteiger partial charge < -0.3 is 9.15 Å². The molecule has 0 spiro atoms. The van der Waals surface area contributed by atoms with Gasteiger partial charge in [0.05, 0.1) is 35.6 Å². The number of hydrogen-bond acceptors (Lipinski definition) is 7. The predicted molar refractivity (Wildman–Crippen MR) is 134 cm³/mol. The third-order valence-corrected chi connectivity index (χ3v) is 7.90. The van der Waals surface area contributed by atoms with Gasteiger partial charge in [-0.1, -0.05) is 47.7 Å². The highest BCUT2D eigenvalue weighted by molar-refractivity contribution is 7.90. The maximum Gasteiger partial charge on any atom is 0.229 e. The average Bonchev–Trinajstić information content (AvgIpc) is 3.48. The van der Waals surface area contributed by atoms with E-state index in [1.54, 1.807) is 35.4 Å². The molecule has 2 heterocycles. The second-order valence-corrected chi connectivity index (χ2v) is 11.0. The average molecular weight is 499 g/mol. The number of ether oxygens (including phenoxy) is 1. The van der Waals surface area contributed by atoms with Crippen LogP contribution in [0, 0.1) is 0 Å². The van der Waals surface area contributed by atoms with E-state index in [0.717, 1.165) is 10.3 Å². The summed E-state index contributed by atoms with van der Waals surface area (Å²) in [6.07, 6.45) is 1.88. The maximum atomic E-state index is 13.2. The van der Waals surface area contributed by atoms with Crippen molar-refractivity contribution in [1.82, 2.24) is 4.98 Å². The van der Waals surface area contributed by atoms with E-state index in [4.69, 9.17) is 9.15 Å². The summed E-state index contributed by atoms with van der Waals surface area (Å²) >= 11 is 1.39. The smallest absolute Gasteiger partial charge is 0.229 e. The lowest BCUT2D eigenvalue weighted by Gasteiger charge is -2.18. The van der Waals surface area contributed by atoms with E-state index in [0.29, 0.717) is 28.8 Å². The minimum absolute atomic E-state index is 0.0315. The van der Waals surface area contributed by atoms with Crippen molar-refractivity contribution in [3.05, 3.63) is 78.3 Å². The molecule has 178 valence electrons. The van der Waals surface area contributed by atoms with E-state index in [9.17, 15) is 13.2 Å². The van der Waals surface area contributed by atoms with E-state index in [2.05, 4.69) is 4.98 Å². The van der Waals surface area contributed by atoms with Gasteiger partial charge in [0, 0.05) is 6.42 Å². The van der Waals surface area contributed by atoms with Gasteiger partial charge in [-0.2, -0.15) is 0 Å². The van der Waals surface area contributed by atoms with Gasteiger partial charge in [0.25, 0.3) is 0 Å². The molecule has 4 rings (SSSR count). The monoisotopic (exact) mass is 498 g/mol. The van der Waals surface area contributed by atoms with Crippen LogP contribution < -0.4 is 9.64 Å². The second-order valence-electron chi connectivity index (χ2n) is 7.77. The zero-order valence-corrected chi connectivity index (χ0v) is 20.5. The zero-order valence-electron chi connectivity index (χ0n) is 18.8. The lowest BCUT2D eigenvalue weighted by molar-refractivity contribution is -0.118. The molecule has 0 aliphatic heterocycles. The van der Waals surface area contributed by atoms with E-state index in [-0.39, 0.29) is 36.8 Å². The normalized spacial score (nSPS) is 11.6. The summed E-state index contributed by atoms with van der Waals surface area (Å²) in [6, 6.07) is 18.3. The molecule has 2 aromatic carbocycles. The number of aromatic nitrogens is 1. The van der Waals surface area contributed by atoms with Gasteiger partial charge in [-0.15, -0.1) is 0 Å². The van der Waals surface area contributed by atoms with E-state index >= 15 is 0 Å². The molecule has 0 atom stereocenters. The van der Waals surface area contributed by atoms with Crippen molar-refractivity contribution in [2.24, 2.45) is 0 Å². The standard InChI is InChI=1S/C25H26N2O5S2/c1-2-31-21-12-6-13-22-24(21)26-25(33-22)27(17-20-11-7-15-32-20)23(28)14-8-16-34(29,30)18-19-9-4-3-5-10-19/h3-7,9-13,15H,2,8,14,16-18H2,1H3. The van der Waals surface area contributed by atoms with Crippen LogP contribution in [0.3, 0.4) is 0 Å². The summed E-state index contributed by atoms with van der Waals surface area (Å²) in [6.45, 7) is 2.63. The Balaban J connectivity index is 1.49. The van der Waals surface area contributed by atoms with Crippen LogP contribution in [0.4, 0.5) is 5.13 Å². The number of anilines is 1. The first-order chi connectivity index (χ1) is 16.4. The number of furan rings is 1. The van der Waals surface area contributed by atoms with Gasteiger partial charge in [-0.25, -0.2) is 13.4 Å². The Morgan fingerprint density at radius 3 is 2.65 bits per heavy atom. The number of amides is 1. The fourth-order valence-electron chi connectivity index (χ4n) is 3.60. The van der Waals surface area contributed by atoms with Crippen LogP contribution in [-0.2, 0) is 26.9 Å². The molecular weight excluding hydrogens is 472 g/mol. The molecule has 2 aromatic heterocycles. The second kappa shape index (κ2) is 10.8. The van der Waals surface area contributed by atoms with Crippen molar-refractivity contribution >= 4 is 42.4 Å². The molecule has 7 nitrogen and oxygen atoms in total. The lowest BCUT2D eigenvalue weighted by Crippen LogP contribution is -2.30. The van der Waals surface area contributed by atoms with Gasteiger partial charge in [-0.3, -0.25) is 9.69 Å². The Labute approximate surface area is 202 Å². The van der Waals surface area contributed by atoms with Crippen LogP contribution >= 0.6 is 11.3 Å². The van der Waals surface area contributed by atoms with Crippen LogP contribution in [0.15, 0.2) is 71.3 Å². The third-order valence-electron chi connectivity index (χ3n) is 5.17. The van der Waals surface area contributed by atoms with Gasteiger partial charge >= 0.3 is 0 Å². The maximum absolute atomic E-state index is 13.2. The molecule has 0 aliphatic carbocycles. The van der Waals surface area contributed by atoms with Crippen molar-refractivity contribution in [3.8, 4) is 5.75 Å². The predicted octanol–water partition coefficient (Wildman–Crippen LogP) is 5.22. The zero-order chi connectivity index (χ0) is 24.0. The molecular formula is C25H26N2O5S2. The number of nitrogens with zero attached hydrogens (tertiary/aromatic N) is 2. The molecule has 4 aromatic rings. The quantitative estimate of drug-likeness (QED) is 0.282. The number of carbonyl (C=O) groups is 1. The SMILES string of the molecule is CCOc1cccc2sc(N(Cc3ccco3)C(=O)CCCS(=O)(=O)Cc3ccccc3)nc12. The van der Waals surface area contributed by atoms with Crippen LogP contribution in [0.1, 0.15) is 31.1 Å². The fraction of sp³-hybridized carbons (Fsp3) is 0.280. The topological polar surface area (TPSA) is 89.7 Å². The molecule has 0 unspecified atom stereocenters. The first-order valence-corrected chi connectivity index (χ1v) is 13.7. The highest BCUT2D eigenvalue weighted by Crippen LogP contribution is 2.35. The van der Waals surface area contributed by atoms with Gasteiger partial charge in [-0.05, 0) is 43.2 Å². The Hall–Kier alpha value is -3.17. The molecule has 0 bridgehead atoms. The minimum Gasteiger partial charge on any atom is -0.492 e. The molecule has 34 heavy (non-hydrogen) atoms. The van der Waals surface area contributed by atoms with Gasteiger partial charge in [0.1, 0.15) is 17.0 Å². The van der Waals surface area contributed by atoms with E-state index in [1.807, 2.05) is 43.3 Å². The summed E-state index contributed by atoms with van der Waals surface area (Å²) in [5.41, 5.74) is 1.44. The number of thiazole rings is 1. The van der Waals surface area contributed by atoms with Crippen molar-refractivity contribution in [3.63, 3.8) is 0 Å². The Morgan fingerprint density at radius 2 is 1.91 bits per heavy atom. The van der Waals surface area contributed by atoms with Crippen molar-refractivity contribution in [2.45, 2.75) is 32.1 Å². The van der Waals surface area contributed by atoms with Crippen molar-refractivity contribution in [2.75, 3.05) is 17.3 Å². The number of hydrogen-bond donors (Lipinski definition) is 0. The summed E-state index contributed by atoms with van der Waals surface area (Å²) in [5, 5.41) is 0.524. The third kappa shape index (κ3) is 6.03. The van der Waals surface area contributed by atoms with Crippen molar-refractivity contribution in [1.29, 1.82) is 0 Å². The molecule has 0 fully saturated rings. The first-order valence-electron chi connectivity index (χ1n) is 11.0. The number of para-hydroxylation sites is 1. The summed E-state index contributed by atoms with van der Waals surface area (Å²) in [4.78, 5) is 19.5. The highest BCUT2D eigenvalue weighted by atomic mass is 32.2. The molecule has 1 amide bonds. The number of fused-ring (bicyclic) bond motifs is 1. The van der Waals surface area contributed by atoms with E-state index < -0.39 is 9.84 Å². The van der Waals surface area contributed by atoms with Crippen LogP contribution in [-0.4, -0.2) is 31.7 Å². The highest BCUT2D eigenvalue weighted by Gasteiger charge is 2.23. The molecule has 0 aliphatic rings. The minimum atomic E-state index is -3.32. The van der Waals surface area contributed by atoms with Crippen LogP contribution in [0.5, 0.6) is 5.75 Å². The number of sulfone groups is 1. The van der Waals surface area contributed by atoms with E-state index in [1.165, 1.54) is 11.3 Å².